The van der Waals surface area contributed by atoms with Crippen molar-refractivity contribution >= 4 is 0 Å². The van der Waals surface area contributed by atoms with Gasteiger partial charge in [-0.05, 0) is 32.6 Å². The Morgan fingerprint density at radius 1 is 1.60 bits per heavy atom. The molecule has 2 heteroatoms. The number of halogens is 1. The van der Waals surface area contributed by atoms with Gasteiger partial charge in [-0.3, -0.25) is 0 Å². The van der Waals surface area contributed by atoms with E-state index in [1.54, 1.807) is 7.11 Å². The Hall–Kier alpha value is -0.370. The van der Waals surface area contributed by atoms with Crippen molar-refractivity contribution in [3.63, 3.8) is 0 Å². The predicted molar refractivity (Wildman–Crippen MR) is 61.7 cm³/mol. The Balaban J connectivity index is 2.81. The Bertz CT molecular complexity index is 225. The van der Waals surface area contributed by atoms with Crippen LogP contribution >= 0.6 is 0 Å². The quantitative estimate of drug-likeness (QED) is 0.631. The molecule has 0 saturated heterocycles. The van der Waals surface area contributed by atoms with E-state index in [2.05, 4.69) is 13.0 Å². The van der Waals surface area contributed by atoms with Crippen molar-refractivity contribution in [3.05, 3.63) is 11.6 Å². The summed E-state index contributed by atoms with van der Waals surface area (Å²) >= 11 is 0. The summed E-state index contributed by atoms with van der Waals surface area (Å²) in [6.07, 6.45) is 6.06. The lowest BCUT2D eigenvalue weighted by molar-refractivity contribution is 0.0313. The smallest absolute Gasteiger partial charge is 0.111 e. The van der Waals surface area contributed by atoms with Gasteiger partial charge in [0, 0.05) is 12.5 Å². The first-order chi connectivity index (χ1) is 7.14. The molecule has 88 valence electrons. The number of rotatable bonds is 5. The van der Waals surface area contributed by atoms with Crippen LogP contribution < -0.4 is 0 Å². The minimum absolute atomic E-state index is 0.340. The van der Waals surface area contributed by atoms with E-state index in [-0.39, 0.29) is 5.41 Å². The predicted octanol–water partition coefficient (Wildman–Crippen LogP) is 3.89. The zero-order valence-electron chi connectivity index (χ0n) is 10.2. The number of alkyl halides is 1. The summed E-state index contributed by atoms with van der Waals surface area (Å²) < 4.78 is 19.4. The third-order valence-corrected chi connectivity index (χ3v) is 3.33. The summed E-state index contributed by atoms with van der Waals surface area (Å²) in [4.78, 5) is 0. The van der Waals surface area contributed by atoms with Crippen LogP contribution in [0.5, 0.6) is 0 Å². The van der Waals surface area contributed by atoms with Crippen LogP contribution in [0.1, 0.15) is 46.0 Å². The molecule has 0 amide bonds. The highest BCUT2D eigenvalue weighted by Gasteiger charge is 2.38. The summed E-state index contributed by atoms with van der Waals surface area (Å²) in [7, 11) is 1.66. The van der Waals surface area contributed by atoms with E-state index < -0.39 is 6.17 Å². The minimum Gasteiger partial charge on any atom is -0.384 e. The number of allylic oxidation sites excluding steroid dienone is 1. The standard InChI is InChI=1S/C13H23FO/c1-4-6-12(14)13(10-15-3)8-5-7-11(2)9-13/h9,12H,4-8,10H2,1-3H3/t12-,13-/m1/s1. The van der Waals surface area contributed by atoms with E-state index in [9.17, 15) is 4.39 Å². The average Bonchev–Trinajstić information content (AvgIpc) is 2.18. The van der Waals surface area contributed by atoms with Crippen molar-refractivity contribution in [2.24, 2.45) is 5.41 Å². The fraction of sp³-hybridized carbons (Fsp3) is 0.846. The fourth-order valence-electron chi connectivity index (χ4n) is 2.59. The van der Waals surface area contributed by atoms with Gasteiger partial charge in [0.2, 0.25) is 0 Å². The topological polar surface area (TPSA) is 9.23 Å². The molecule has 0 spiro atoms. The van der Waals surface area contributed by atoms with Gasteiger partial charge in [0.05, 0.1) is 6.61 Å². The number of hydrogen-bond acceptors (Lipinski definition) is 1. The maximum Gasteiger partial charge on any atom is 0.111 e. The lowest BCUT2D eigenvalue weighted by Crippen LogP contribution is -2.36. The molecule has 1 aliphatic rings. The van der Waals surface area contributed by atoms with E-state index in [0.29, 0.717) is 13.0 Å². The van der Waals surface area contributed by atoms with Gasteiger partial charge in [0.15, 0.2) is 0 Å². The van der Waals surface area contributed by atoms with Gasteiger partial charge in [0.25, 0.3) is 0 Å². The van der Waals surface area contributed by atoms with E-state index in [0.717, 1.165) is 25.7 Å². The summed E-state index contributed by atoms with van der Waals surface area (Å²) in [5.41, 5.74) is 0.977. The summed E-state index contributed by atoms with van der Waals surface area (Å²) in [6.45, 7) is 4.65. The van der Waals surface area contributed by atoms with Gasteiger partial charge in [-0.1, -0.05) is 25.0 Å². The van der Waals surface area contributed by atoms with Gasteiger partial charge in [-0.25, -0.2) is 4.39 Å². The second-order valence-corrected chi connectivity index (χ2v) is 4.77. The number of methoxy groups -OCH3 is 1. The molecule has 1 aliphatic carbocycles. The molecule has 0 fully saturated rings. The molecule has 0 aromatic carbocycles. The van der Waals surface area contributed by atoms with Crippen molar-refractivity contribution in [2.75, 3.05) is 13.7 Å². The maximum atomic E-state index is 14.2. The molecule has 1 nitrogen and oxygen atoms in total. The van der Waals surface area contributed by atoms with E-state index in [1.165, 1.54) is 5.57 Å². The molecule has 0 bridgehead atoms. The molecule has 0 radical (unpaired) electrons. The third-order valence-electron chi connectivity index (χ3n) is 3.33. The van der Waals surface area contributed by atoms with Crippen molar-refractivity contribution in [2.45, 2.75) is 52.1 Å². The molecule has 15 heavy (non-hydrogen) atoms. The van der Waals surface area contributed by atoms with Crippen LogP contribution in [0.3, 0.4) is 0 Å². The van der Waals surface area contributed by atoms with E-state index in [4.69, 9.17) is 4.74 Å². The van der Waals surface area contributed by atoms with Gasteiger partial charge >= 0.3 is 0 Å². The second kappa shape index (κ2) is 5.64. The largest absolute Gasteiger partial charge is 0.384 e. The molecule has 0 N–H and O–H groups in total. The molecular weight excluding hydrogens is 191 g/mol. The maximum absolute atomic E-state index is 14.2. The second-order valence-electron chi connectivity index (χ2n) is 4.77. The van der Waals surface area contributed by atoms with Gasteiger partial charge in [-0.15, -0.1) is 0 Å². The first-order valence-corrected chi connectivity index (χ1v) is 5.96. The molecule has 2 atom stereocenters. The Labute approximate surface area is 92.7 Å². The molecule has 0 aromatic rings. The fourth-order valence-corrected chi connectivity index (χ4v) is 2.59. The lowest BCUT2D eigenvalue weighted by atomic mass is 9.72. The highest BCUT2D eigenvalue weighted by molar-refractivity contribution is 5.14. The van der Waals surface area contributed by atoms with E-state index in [1.807, 2.05) is 6.92 Å². The minimum atomic E-state index is -0.752. The monoisotopic (exact) mass is 214 g/mol. The normalized spacial score (nSPS) is 28.7. The Kier molecular flexibility index (Phi) is 4.78. The zero-order valence-corrected chi connectivity index (χ0v) is 10.2. The molecule has 0 aliphatic heterocycles. The van der Waals surface area contributed by atoms with Crippen LogP contribution in [-0.2, 0) is 4.74 Å². The van der Waals surface area contributed by atoms with Crippen LogP contribution in [0.2, 0.25) is 0 Å². The average molecular weight is 214 g/mol. The van der Waals surface area contributed by atoms with Crippen molar-refractivity contribution in [1.29, 1.82) is 0 Å². The summed E-state index contributed by atoms with van der Waals surface area (Å²) in [5, 5.41) is 0. The lowest BCUT2D eigenvalue weighted by Gasteiger charge is -2.37. The summed E-state index contributed by atoms with van der Waals surface area (Å²) in [6, 6.07) is 0. The molecule has 0 aromatic heterocycles. The highest BCUT2D eigenvalue weighted by Crippen LogP contribution is 2.40. The van der Waals surface area contributed by atoms with Crippen LogP contribution in [0.4, 0.5) is 4.39 Å². The van der Waals surface area contributed by atoms with Crippen molar-refractivity contribution < 1.29 is 9.13 Å². The van der Waals surface area contributed by atoms with Gasteiger partial charge in [-0.2, -0.15) is 0 Å². The first kappa shape index (κ1) is 12.7. The third kappa shape index (κ3) is 3.04. The van der Waals surface area contributed by atoms with Crippen LogP contribution in [0, 0.1) is 5.41 Å². The van der Waals surface area contributed by atoms with Crippen molar-refractivity contribution in [1.82, 2.24) is 0 Å². The first-order valence-electron chi connectivity index (χ1n) is 5.96. The number of ether oxygens (including phenoxy) is 1. The molecular formula is C13H23FO. The Morgan fingerprint density at radius 2 is 2.33 bits per heavy atom. The Morgan fingerprint density at radius 3 is 2.87 bits per heavy atom. The van der Waals surface area contributed by atoms with Crippen LogP contribution in [-0.4, -0.2) is 19.9 Å². The highest BCUT2D eigenvalue weighted by atomic mass is 19.1. The van der Waals surface area contributed by atoms with Crippen LogP contribution in [0.15, 0.2) is 11.6 Å². The molecule has 0 saturated carbocycles. The van der Waals surface area contributed by atoms with Gasteiger partial charge in [0.1, 0.15) is 6.17 Å². The van der Waals surface area contributed by atoms with Crippen LogP contribution in [0.25, 0.3) is 0 Å². The van der Waals surface area contributed by atoms with Crippen molar-refractivity contribution in [3.8, 4) is 0 Å². The molecule has 0 heterocycles. The number of hydrogen-bond donors (Lipinski definition) is 0. The zero-order chi connectivity index (χ0) is 11.3. The SMILES string of the molecule is CCC[C@@H](F)[C@@]1(COC)C=C(C)CCC1. The van der Waals surface area contributed by atoms with Gasteiger partial charge < -0.3 is 4.74 Å². The van der Waals surface area contributed by atoms with E-state index >= 15 is 0 Å². The molecule has 0 unspecified atom stereocenters. The molecule has 1 rings (SSSR count). The summed E-state index contributed by atoms with van der Waals surface area (Å²) in [5.74, 6) is 0.